The number of carbonyl (C=O) groups is 1. The average molecular weight is 440 g/mol. The first-order chi connectivity index (χ1) is 15.5. The normalized spacial score (nSPS) is 11.0. The van der Waals surface area contributed by atoms with E-state index in [1.54, 1.807) is 49.6 Å². The van der Waals surface area contributed by atoms with Crippen LogP contribution in [0, 0.1) is 0 Å². The van der Waals surface area contributed by atoms with Crippen LogP contribution in [-0.4, -0.2) is 59.2 Å². The highest BCUT2D eigenvalue weighted by Gasteiger charge is 2.11. The molecule has 1 heterocycles. The molecule has 0 aliphatic carbocycles. The number of benzene rings is 2. The number of nitrogens with zero attached hydrogens (tertiary/aromatic N) is 4. The minimum atomic E-state index is -0.267. The fourth-order valence-electron chi connectivity index (χ4n) is 3.29. The number of ether oxygens (including phenoxy) is 2. The third kappa shape index (κ3) is 5.82. The summed E-state index contributed by atoms with van der Waals surface area (Å²) in [6.07, 6.45) is 0.0805. The second kappa shape index (κ2) is 11.2. The van der Waals surface area contributed by atoms with Crippen LogP contribution in [0.5, 0.6) is 11.5 Å². The number of nitrogens with one attached hydrogen (secondary N) is 1. The summed E-state index contributed by atoms with van der Waals surface area (Å²) < 4.78 is 12.5. The second-order valence-corrected chi connectivity index (χ2v) is 7.17. The number of likely N-dealkylation sites (N-methyl/N-ethyl adjacent to an activating group) is 1. The molecule has 0 aliphatic heterocycles. The molecule has 3 rings (SSSR count). The summed E-state index contributed by atoms with van der Waals surface area (Å²) in [5.41, 5.74) is 0.854. The fourth-order valence-corrected chi connectivity index (χ4v) is 3.29. The number of carbonyl (C=O) groups excluding carboxylic acids is 1. The molecule has 1 aromatic heterocycles. The van der Waals surface area contributed by atoms with Crippen LogP contribution in [0.2, 0.25) is 0 Å². The largest absolute Gasteiger partial charge is 0.493 e. The van der Waals surface area contributed by atoms with Gasteiger partial charge in [0, 0.05) is 24.7 Å². The quantitative estimate of drug-likeness (QED) is 0.490. The molecule has 9 nitrogen and oxygen atoms in total. The number of methoxy groups -OCH3 is 1. The van der Waals surface area contributed by atoms with Crippen LogP contribution >= 0.6 is 0 Å². The number of hydrogen-bond donors (Lipinski definition) is 1. The Morgan fingerprint density at radius 1 is 1.12 bits per heavy atom. The maximum absolute atomic E-state index is 12.5. The molecule has 0 atom stereocenters. The Hall–Kier alpha value is -3.46. The molecular formula is C23H29N5O4. The van der Waals surface area contributed by atoms with Crippen LogP contribution in [-0.2, 0) is 11.3 Å². The molecule has 3 aromatic rings. The second-order valence-electron chi connectivity index (χ2n) is 7.17. The van der Waals surface area contributed by atoms with Crippen LogP contribution in [0.1, 0.15) is 20.3 Å². The molecule has 0 fully saturated rings. The lowest BCUT2D eigenvalue weighted by molar-refractivity contribution is -0.116. The summed E-state index contributed by atoms with van der Waals surface area (Å²) in [6, 6.07) is 12.2. The van der Waals surface area contributed by atoms with Crippen LogP contribution in [0.25, 0.3) is 10.9 Å². The third-order valence-corrected chi connectivity index (χ3v) is 5.19. The van der Waals surface area contributed by atoms with Gasteiger partial charge in [0.2, 0.25) is 5.91 Å². The van der Waals surface area contributed by atoms with E-state index >= 15 is 0 Å². The van der Waals surface area contributed by atoms with Gasteiger partial charge in [-0.15, -0.1) is 5.10 Å². The van der Waals surface area contributed by atoms with Gasteiger partial charge in [0.15, 0.2) is 11.5 Å². The lowest BCUT2D eigenvalue weighted by atomic mass is 10.2. The van der Waals surface area contributed by atoms with Gasteiger partial charge in [0.1, 0.15) is 12.1 Å². The summed E-state index contributed by atoms with van der Waals surface area (Å²) in [5.74, 6) is 0.917. The highest BCUT2D eigenvalue weighted by molar-refractivity contribution is 5.91. The number of hydrogen-bond acceptors (Lipinski definition) is 7. The number of aromatic nitrogens is 3. The topological polar surface area (TPSA) is 98.6 Å². The van der Waals surface area contributed by atoms with E-state index in [0.29, 0.717) is 34.7 Å². The summed E-state index contributed by atoms with van der Waals surface area (Å²) >= 11 is 0. The standard InChI is InChI=1S/C23H29N5O4/c1-4-27(5-2)14-15-32-21-16-17(10-11-20(21)31-3)24-22(29)12-13-28-23(30)18-8-6-7-9-19(18)25-26-28/h6-11,16H,4-5,12-15H2,1-3H3,(H,24,29). The summed E-state index contributed by atoms with van der Waals surface area (Å²) in [4.78, 5) is 27.2. The molecule has 170 valence electrons. The molecule has 0 bridgehead atoms. The summed E-state index contributed by atoms with van der Waals surface area (Å²) in [7, 11) is 1.58. The zero-order valence-corrected chi connectivity index (χ0v) is 18.7. The van der Waals surface area contributed by atoms with E-state index in [-0.39, 0.29) is 24.4 Å². The van der Waals surface area contributed by atoms with Crippen molar-refractivity contribution in [2.75, 3.05) is 38.7 Å². The predicted octanol–water partition coefficient (Wildman–Crippen LogP) is 2.55. The van der Waals surface area contributed by atoms with Gasteiger partial charge in [-0.05, 0) is 37.4 Å². The van der Waals surface area contributed by atoms with Gasteiger partial charge in [0.25, 0.3) is 5.56 Å². The van der Waals surface area contributed by atoms with Gasteiger partial charge in [-0.25, -0.2) is 4.68 Å². The number of amides is 1. The van der Waals surface area contributed by atoms with Crippen molar-refractivity contribution in [1.82, 2.24) is 19.9 Å². The van der Waals surface area contributed by atoms with Crippen molar-refractivity contribution < 1.29 is 14.3 Å². The van der Waals surface area contributed by atoms with Crippen molar-refractivity contribution in [3.8, 4) is 11.5 Å². The Morgan fingerprint density at radius 2 is 1.91 bits per heavy atom. The van der Waals surface area contributed by atoms with E-state index in [1.165, 1.54) is 4.68 Å². The smallest absolute Gasteiger partial charge is 0.277 e. The number of aryl methyl sites for hydroxylation is 1. The Labute approximate surface area is 186 Å². The molecule has 0 spiro atoms. The van der Waals surface area contributed by atoms with Crippen LogP contribution in [0.15, 0.2) is 47.3 Å². The lowest BCUT2D eigenvalue weighted by Crippen LogP contribution is -2.28. The monoisotopic (exact) mass is 439 g/mol. The molecular weight excluding hydrogens is 410 g/mol. The van der Waals surface area contributed by atoms with Gasteiger partial charge >= 0.3 is 0 Å². The zero-order chi connectivity index (χ0) is 22.9. The van der Waals surface area contributed by atoms with Crippen LogP contribution < -0.4 is 20.3 Å². The highest BCUT2D eigenvalue weighted by Crippen LogP contribution is 2.30. The maximum Gasteiger partial charge on any atom is 0.277 e. The fraction of sp³-hybridized carbons (Fsp3) is 0.391. The molecule has 2 aromatic carbocycles. The lowest BCUT2D eigenvalue weighted by Gasteiger charge is -2.19. The van der Waals surface area contributed by atoms with Gasteiger partial charge in [-0.3, -0.25) is 9.59 Å². The Bertz CT molecular complexity index is 1110. The maximum atomic E-state index is 12.5. The summed E-state index contributed by atoms with van der Waals surface area (Å²) in [6.45, 7) is 7.57. The zero-order valence-electron chi connectivity index (χ0n) is 18.7. The minimum Gasteiger partial charge on any atom is -0.493 e. The van der Waals surface area contributed by atoms with Crippen LogP contribution in [0.4, 0.5) is 5.69 Å². The first-order valence-corrected chi connectivity index (χ1v) is 10.7. The van der Waals surface area contributed by atoms with Crippen molar-refractivity contribution >= 4 is 22.5 Å². The number of fused-ring (bicyclic) bond motifs is 1. The highest BCUT2D eigenvalue weighted by atomic mass is 16.5. The average Bonchev–Trinajstić information content (AvgIpc) is 2.82. The first kappa shape index (κ1) is 23.2. The Kier molecular flexibility index (Phi) is 8.15. The molecule has 32 heavy (non-hydrogen) atoms. The van der Waals surface area contributed by atoms with E-state index in [1.807, 2.05) is 0 Å². The van der Waals surface area contributed by atoms with Gasteiger partial charge < -0.3 is 19.7 Å². The van der Waals surface area contributed by atoms with Crippen molar-refractivity contribution in [1.29, 1.82) is 0 Å². The van der Waals surface area contributed by atoms with E-state index in [0.717, 1.165) is 19.6 Å². The van der Waals surface area contributed by atoms with Gasteiger partial charge in [-0.2, -0.15) is 0 Å². The van der Waals surface area contributed by atoms with Crippen molar-refractivity contribution in [2.24, 2.45) is 0 Å². The molecule has 0 unspecified atom stereocenters. The van der Waals surface area contributed by atoms with Crippen molar-refractivity contribution in [3.63, 3.8) is 0 Å². The van der Waals surface area contributed by atoms with Crippen molar-refractivity contribution in [2.45, 2.75) is 26.8 Å². The minimum absolute atomic E-state index is 0.0805. The molecule has 0 saturated carbocycles. The van der Waals surface area contributed by atoms with E-state index < -0.39 is 0 Å². The van der Waals surface area contributed by atoms with Gasteiger partial charge in [0.05, 0.1) is 19.0 Å². The molecule has 0 aliphatic rings. The number of anilines is 1. The number of rotatable bonds is 11. The van der Waals surface area contributed by atoms with Crippen molar-refractivity contribution in [3.05, 3.63) is 52.8 Å². The molecule has 0 radical (unpaired) electrons. The summed E-state index contributed by atoms with van der Waals surface area (Å²) in [5, 5.41) is 11.3. The SMILES string of the molecule is CCN(CC)CCOc1cc(NC(=O)CCn2nnc3ccccc3c2=O)ccc1OC. The molecule has 1 N–H and O–H groups in total. The first-order valence-electron chi connectivity index (χ1n) is 10.7. The van der Waals surface area contributed by atoms with Gasteiger partial charge in [-0.1, -0.05) is 31.2 Å². The molecule has 0 saturated heterocycles. The van der Waals surface area contributed by atoms with Crippen LogP contribution in [0.3, 0.4) is 0 Å². The third-order valence-electron chi connectivity index (χ3n) is 5.19. The van der Waals surface area contributed by atoms with E-state index in [9.17, 15) is 9.59 Å². The Morgan fingerprint density at radius 3 is 2.66 bits per heavy atom. The van der Waals surface area contributed by atoms with E-state index in [4.69, 9.17) is 9.47 Å². The predicted molar refractivity (Wildman–Crippen MR) is 123 cm³/mol. The molecule has 9 heteroatoms. The Balaban J connectivity index is 1.61. The molecule has 1 amide bonds. The van der Waals surface area contributed by atoms with E-state index in [2.05, 4.69) is 34.4 Å².